The third-order valence-electron chi connectivity index (χ3n) is 5.56. The Kier molecular flexibility index (Phi) is 7.68. The predicted molar refractivity (Wildman–Crippen MR) is 130 cm³/mol. The van der Waals surface area contributed by atoms with Crippen molar-refractivity contribution in [1.82, 2.24) is 30.0 Å². The number of hydrogen-bond acceptors (Lipinski definition) is 8. The number of anilines is 1. The van der Waals surface area contributed by atoms with Crippen LogP contribution in [-0.2, 0) is 16.6 Å². The number of rotatable bonds is 8. The number of aliphatic hydroxyl groups is 1. The second kappa shape index (κ2) is 11.1. The molecule has 0 bridgehead atoms. The molecule has 1 saturated heterocycles. The molecule has 1 atom stereocenters. The van der Waals surface area contributed by atoms with Crippen molar-refractivity contribution in [2.45, 2.75) is 13.0 Å². The van der Waals surface area contributed by atoms with E-state index in [4.69, 9.17) is 4.74 Å². The van der Waals surface area contributed by atoms with Crippen molar-refractivity contribution < 1.29 is 19.4 Å². The largest absolute Gasteiger partial charge is 0.394 e. The molecule has 1 aliphatic rings. The second-order valence-corrected chi connectivity index (χ2v) is 8.35. The molecule has 1 aliphatic heterocycles. The zero-order chi connectivity index (χ0) is 24.8. The SMILES string of the molecule is C[C@@H](CO)NC(=O)c1cc(-c2ccc(NCC(=O)N3CCOCC3)cc2)nc(-c2cnn(C)c2)n1. The second-order valence-electron chi connectivity index (χ2n) is 8.35. The van der Waals surface area contributed by atoms with Crippen LogP contribution in [0.15, 0.2) is 42.7 Å². The molecule has 2 amide bonds. The summed E-state index contributed by atoms with van der Waals surface area (Å²) in [6.45, 7) is 4.09. The highest BCUT2D eigenvalue weighted by atomic mass is 16.5. The van der Waals surface area contributed by atoms with Gasteiger partial charge in [0.05, 0.1) is 43.8 Å². The van der Waals surface area contributed by atoms with Gasteiger partial charge in [-0.25, -0.2) is 9.97 Å². The van der Waals surface area contributed by atoms with E-state index in [1.54, 1.807) is 42.0 Å². The maximum atomic E-state index is 12.7. The first-order valence-electron chi connectivity index (χ1n) is 11.4. The fourth-order valence-corrected chi connectivity index (χ4v) is 3.58. The Balaban J connectivity index is 1.54. The van der Waals surface area contributed by atoms with Gasteiger partial charge in [-0.05, 0) is 25.1 Å². The Bertz CT molecular complexity index is 1170. The lowest BCUT2D eigenvalue weighted by Crippen LogP contribution is -2.43. The highest BCUT2D eigenvalue weighted by Gasteiger charge is 2.18. The number of aromatic nitrogens is 4. The molecule has 0 spiro atoms. The van der Waals surface area contributed by atoms with Crippen LogP contribution in [-0.4, -0.2) is 87.1 Å². The summed E-state index contributed by atoms with van der Waals surface area (Å²) in [5, 5.41) is 19.3. The van der Waals surface area contributed by atoms with E-state index in [1.165, 1.54) is 0 Å². The van der Waals surface area contributed by atoms with Crippen molar-refractivity contribution in [3.05, 3.63) is 48.4 Å². The lowest BCUT2D eigenvalue weighted by molar-refractivity contribution is -0.133. The van der Waals surface area contributed by atoms with E-state index in [-0.39, 0.29) is 24.8 Å². The van der Waals surface area contributed by atoms with Crippen LogP contribution < -0.4 is 10.6 Å². The van der Waals surface area contributed by atoms with Crippen LogP contribution in [0, 0.1) is 0 Å². The van der Waals surface area contributed by atoms with Gasteiger partial charge in [0.2, 0.25) is 5.91 Å². The minimum Gasteiger partial charge on any atom is -0.394 e. The van der Waals surface area contributed by atoms with Crippen molar-refractivity contribution in [2.75, 3.05) is 44.8 Å². The monoisotopic (exact) mass is 479 g/mol. The Morgan fingerprint density at radius 3 is 2.54 bits per heavy atom. The van der Waals surface area contributed by atoms with E-state index >= 15 is 0 Å². The van der Waals surface area contributed by atoms with Crippen LogP contribution in [0.2, 0.25) is 0 Å². The molecule has 0 radical (unpaired) electrons. The molecule has 11 nitrogen and oxygen atoms in total. The van der Waals surface area contributed by atoms with Crippen LogP contribution in [0.25, 0.3) is 22.6 Å². The Morgan fingerprint density at radius 1 is 1.14 bits per heavy atom. The standard InChI is InChI=1S/C24H29N7O4/c1-16(15-32)27-24(34)21-11-20(28-23(29-21)18-12-26-30(2)14-18)17-3-5-19(6-4-17)25-13-22(33)31-7-9-35-10-8-31/h3-6,11-12,14,16,25,32H,7-10,13,15H2,1-2H3,(H,27,34)/t16-/m0/s1. The smallest absolute Gasteiger partial charge is 0.270 e. The van der Waals surface area contributed by atoms with Gasteiger partial charge >= 0.3 is 0 Å². The average molecular weight is 480 g/mol. The van der Waals surface area contributed by atoms with Gasteiger partial charge in [0.25, 0.3) is 5.91 Å². The fraction of sp³-hybridized carbons (Fsp3) is 0.375. The maximum absolute atomic E-state index is 12.7. The predicted octanol–water partition coefficient (Wildman–Crippen LogP) is 0.925. The van der Waals surface area contributed by atoms with Crippen LogP contribution in [0.1, 0.15) is 17.4 Å². The number of nitrogens with zero attached hydrogens (tertiary/aromatic N) is 5. The highest BCUT2D eigenvalue weighted by Crippen LogP contribution is 2.24. The molecule has 0 saturated carbocycles. The molecule has 2 aromatic heterocycles. The van der Waals surface area contributed by atoms with Gasteiger partial charge in [-0.3, -0.25) is 14.3 Å². The lowest BCUT2D eigenvalue weighted by Gasteiger charge is -2.27. The number of hydrogen-bond donors (Lipinski definition) is 3. The summed E-state index contributed by atoms with van der Waals surface area (Å²) in [4.78, 5) is 36.0. The molecule has 4 rings (SSSR count). The minimum absolute atomic E-state index is 0.0297. The number of benzene rings is 1. The highest BCUT2D eigenvalue weighted by molar-refractivity contribution is 5.94. The van der Waals surface area contributed by atoms with Crippen molar-refractivity contribution in [1.29, 1.82) is 0 Å². The summed E-state index contributed by atoms with van der Waals surface area (Å²) in [7, 11) is 1.79. The van der Waals surface area contributed by atoms with Gasteiger partial charge in [-0.15, -0.1) is 0 Å². The topological polar surface area (TPSA) is 134 Å². The molecule has 184 valence electrons. The van der Waals surface area contributed by atoms with Gasteiger partial charge in [-0.2, -0.15) is 5.10 Å². The number of carbonyl (C=O) groups is 2. The van der Waals surface area contributed by atoms with Crippen LogP contribution in [0.3, 0.4) is 0 Å². The van der Waals surface area contributed by atoms with Crippen molar-refractivity contribution >= 4 is 17.5 Å². The molecule has 0 unspecified atom stereocenters. The van der Waals surface area contributed by atoms with Crippen LogP contribution >= 0.6 is 0 Å². The molecular weight excluding hydrogens is 450 g/mol. The van der Waals surface area contributed by atoms with E-state index in [0.717, 1.165) is 11.3 Å². The first-order chi connectivity index (χ1) is 16.9. The summed E-state index contributed by atoms with van der Waals surface area (Å²) >= 11 is 0. The number of nitrogens with one attached hydrogen (secondary N) is 2. The van der Waals surface area contributed by atoms with Gasteiger partial charge in [0.1, 0.15) is 5.69 Å². The van der Waals surface area contributed by atoms with Crippen LogP contribution in [0.4, 0.5) is 5.69 Å². The van der Waals surface area contributed by atoms with Crippen molar-refractivity contribution in [2.24, 2.45) is 7.05 Å². The average Bonchev–Trinajstić information content (AvgIpc) is 3.34. The molecule has 35 heavy (non-hydrogen) atoms. The summed E-state index contributed by atoms with van der Waals surface area (Å²) < 4.78 is 6.92. The number of aryl methyl sites for hydroxylation is 1. The Hall–Kier alpha value is -3.83. The third-order valence-corrected chi connectivity index (χ3v) is 5.56. The zero-order valence-electron chi connectivity index (χ0n) is 19.8. The molecule has 3 aromatic rings. The van der Waals surface area contributed by atoms with E-state index in [9.17, 15) is 14.7 Å². The maximum Gasteiger partial charge on any atom is 0.270 e. The third kappa shape index (κ3) is 6.19. The molecule has 3 heterocycles. The quantitative estimate of drug-likeness (QED) is 0.434. The van der Waals surface area contributed by atoms with Gasteiger partial charge in [0, 0.05) is 43.6 Å². The molecular formula is C24H29N7O4. The molecule has 11 heteroatoms. The summed E-state index contributed by atoms with van der Waals surface area (Å²) in [6, 6.07) is 8.67. The van der Waals surface area contributed by atoms with E-state index < -0.39 is 11.9 Å². The molecule has 3 N–H and O–H groups in total. The van der Waals surface area contributed by atoms with E-state index in [0.29, 0.717) is 43.4 Å². The normalized spacial score (nSPS) is 14.4. The van der Waals surface area contributed by atoms with Gasteiger partial charge < -0.3 is 25.4 Å². The van der Waals surface area contributed by atoms with E-state index in [2.05, 4.69) is 25.7 Å². The minimum atomic E-state index is -0.409. The summed E-state index contributed by atoms with van der Waals surface area (Å²) in [5.41, 5.74) is 3.01. The summed E-state index contributed by atoms with van der Waals surface area (Å²) in [6.07, 6.45) is 3.41. The number of ether oxygens (including phenoxy) is 1. The van der Waals surface area contributed by atoms with Gasteiger partial charge in [0.15, 0.2) is 5.82 Å². The first-order valence-corrected chi connectivity index (χ1v) is 11.4. The lowest BCUT2D eigenvalue weighted by atomic mass is 10.1. The number of carbonyl (C=O) groups excluding carboxylic acids is 2. The fourth-order valence-electron chi connectivity index (χ4n) is 3.58. The number of aliphatic hydroxyl groups excluding tert-OH is 1. The van der Waals surface area contributed by atoms with Crippen molar-refractivity contribution in [3.8, 4) is 22.6 Å². The number of morpholine rings is 1. The first kappa shape index (κ1) is 24.3. The Labute approximate surface area is 203 Å². The molecule has 1 fully saturated rings. The number of amides is 2. The van der Waals surface area contributed by atoms with E-state index in [1.807, 2.05) is 24.3 Å². The van der Waals surface area contributed by atoms with Gasteiger partial charge in [-0.1, -0.05) is 12.1 Å². The molecule has 1 aromatic carbocycles. The van der Waals surface area contributed by atoms with Crippen molar-refractivity contribution in [3.63, 3.8) is 0 Å². The van der Waals surface area contributed by atoms with Crippen LogP contribution in [0.5, 0.6) is 0 Å². The Morgan fingerprint density at radius 2 is 1.89 bits per heavy atom. The molecule has 0 aliphatic carbocycles. The zero-order valence-corrected chi connectivity index (χ0v) is 19.8. The summed E-state index contributed by atoms with van der Waals surface area (Å²) in [5.74, 6) is -0.00184.